The second-order valence-corrected chi connectivity index (χ2v) is 6.96. The highest BCUT2D eigenvalue weighted by atomic mass is 19.1. The first-order valence-electron chi connectivity index (χ1n) is 8.96. The molecule has 4 nitrogen and oxygen atoms in total. The Balaban J connectivity index is 1.36. The van der Waals surface area contributed by atoms with Crippen LogP contribution in [-0.4, -0.2) is 24.4 Å². The van der Waals surface area contributed by atoms with Gasteiger partial charge in [0.25, 0.3) is 0 Å². The van der Waals surface area contributed by atoms with E-state index in [9.17, 15) is 14.0 Å². The van der Waals surface area contributed by atoms with E-state index in [1.165, 1.54) is 31.4 Å². The summed E-state index contributed by atoms with van der Waals surface area (Å²) >= 11 is 0. The molecule has 2 aliphatic rings. The van der Waals surface area contributed by atoms with Gasteiger partial charge in [-0.2, -0.15) is 0 Å². The fraction of sp³-hybridized carbons (Fsp3) is 0.579. The quantitative estimate of drug-likeness (QED) is 0.841. The van der Waals surface area contributed by atoms with E-state index in [0.29, 0.717) is 25.4 Å². The lowest BCUT2D eigenvalue weighted by Crippen LogP contribution is -2.38. The normalized spacial score (nSPS) is 23.5. The Hall–Kier alpha value is -1.91. The predicted octanol–water partition coefficient (Wildman–Crippen LogP) is 2.57. The van der Waals surface area contributed by atoms with E-state index in [0.717, 1.165) is 18.4 Å². The van der Waals surface area contributed by atoms with Crippen LogP contribution in [0.2, 0.25) is 0 Å². The van der Waals surface area contributed by atoms with Gasteiger partial charge in [-0.3, -0.25) is 9.59 Å². The van der Waals surface area contributed by atoms with E-state index in [4.69, 9.17) is 0 Å². The van der Waals surface area contributed by atoms with Crippen molar-refractivity contribution in [1.82, 2.24) is 10.6 Å². The standard InChI is InChI=1S/C19H25FN2O2/c20-14-8-6-13(7-9-14)10-11-21-18(23)16-12-17(16)19(24)22-15-4-2-1-3-5-15/h6-9,15-17H,1-5,10-12H2,(H,21,23)(H,22,24). The highest BCUT2D eigenvalue weighted by Crippen LogP contribution is 2.39. The first-order chi connectivity index (χ1) is 11.6. The molecular formula is C19H25FN2O2. The molecule has 2 unspecified atom stereocenters. The Morgan fingerprint density at radius 1 is 1.00 bits per heavy atom. The number of benzene rings is 1. The lowest BCUT2D eigenvalue weighted by molar-refractivity contribution is -0.127. The Morgan fingerprint density at radius 3 is 2.38 bits per heavy atom. The summed E-state index contributed by atoms with van der Waals surface area (Å²) in [7, 11) is 0. The monoisotopic (exact) mass is 332 g/mol. The van der Waals surface area contributed by atoms with Crippen molar-refractivity contribution in [3.63, 3.8) is 0 Å². The molecule has 0 bridgehead atoms. The van der Waals surface area contributed by atoms with Gasteiger partial charge in [-0.1, -0.05) is 31.4 Å². The van der Waals surface area contributed by atoms with Crippen molar-refractivity contribution in [2.24, 2.45) is 11.8 Å². The molecule has 2 atom stereocenters. The molecule has 24 heavy (non-hydrogen) atoms. The number of amides is 2. The number of rotatable bonds is 6. The van der Waals surface area contributed by atoms with Gasteiger partial charge in [0.15, 0.2) is 0 Å². The van der Waals surface area contributed by atoms with Gasteiger partial charge in [0.2, 0.25) is 11.8 Å². The van der Waals surface area contributed by atoms with Crippen LogP contribution >= 0.6 is 0 Å². The number of carbonyl (C=O) groups is 2. The van der Waals surface area contributed by atoms with Gasteiger partial charge in [-0.05, 0) is 43.4 Å². The number of nitrogens with one attached hydrogen (secondary N) is 2. The number of halogens is 1. The van der Waals surface area contributed by atoms with Gasteiger partial charge in [0.1, 0.15) is 5.82 Å². The summed E-state index contributed by atoms with van der Waals surface area (Å²) in [6.07, 6.45) is 7.07. The van der Waals surface area contributed by atoms with Crippen LogP contribution in [0.1, 0.15) is 44.1 Å². The molecule has 0 aromatic heterocycles. The molecule has 0 aliphatic heterocycles. The van der Waals surface area contributed by atoms with Crippen LogP contribution in [0.15, 0.2) is 24.3 Å². The van der Waals surface area contributed by atoms with Crippen LogP contribution < -0.4 is 10.6 Å². The molecule has 0 heterocycles. The van der Waals surface area contributed by atoms with Crippen LogP contribution in [0, 0.1) is 17.7 Å². The molecule has 2 amide bonds. The molecular weight excluding hydrogens is 307 g/mol. The molecule has 5 heteroatoms. The molecule has 0 saturated heterocycles. The maximum Gasteiger partial charge on any atom is 0.224 e. The summed E-state index contributed by atoms with van der Waals surface area (Å²) < 4.78 is 12.8. The van der Waals surface area contributed by atoms with Gasteiger partial charge < -0.3 is 10.6 Å². The third-order valence-electron chi connectivity index (χ3n) is 5.04. The highest BCUT2D eigenvalue weighted by Gasteiger charge is 2.48. The van der Waals surface area contributed by atoms with Crippen LogP contribution in [0.5, 0.6) is 0 Å². The molecule has 0 radical (unpaired) electrons. The van der Waals surface area contributed by atoms with E-state index < -0.39 is 0 Å². The fourth-order valence-corrected chi connectivity index (χ4v) is 3.44. The molecule has 3 rings (SSSR count). The summed E-state index contributed by atoms with van der Waals surface area (Å²) in [6, 6.07) is 6.58. The van der Waals surface area contributed by atoms with Gasteiger partial charge in [-0.25, -0.2) is 4.39 Å². The summed E-state index contributed by atoms with van der Waals surface area (Å²) in [4.78, 5) is 24.3. The third kappa shape index (κ3) is 4.56. The zero-order valence-electron chi connectivity index (χ0n) is 13.9. The minimum atomic E-state index is -0.257. The van der Waals surface area contributed by atoms with Crippen molar-refractivity contribution in [2.75, 3.05) is 6.54 Å². The molecule has 130 valence electrons. The smallest absolute Gasteiger partial charge is 0.224 e. The highest BCUT2D eigenvalue weighted by molar-refractivity contribution is 5.92. The number of hydrogen-bond donors (Lipinski definition) is 2. The minimum Gasteiger partial charge on any atom is -0.356 e. The fourth-order valence-electron chi connectivity index (χ4n) is 3.44. The Bertz CT molecular complexity index is 582. The Kier molecular flexibility index (Phi) is 5.48. The molecule has 2 saturated carbocycles. The lowest BCUT2D eigenvalue weighted by atomic mass is 9.95. The predicted molar refractivity (Wildman–Crippen MR) is 89.7 cm³/mol. The van der Waals surface area contributed by atoms with Gasteiger partial charge in [-0.15, -0.1) is 0 Å². The van der Waals surface area contributed by atoms with Crippen LogP contribution in [0.3, 0.4) is 0 Å². The first-order valence-corrected chi connectivity index (χ1v) is 8.96. The van der Waals surface area contributed by atoms with Crippen molar-refractivity contribution in [3.05, 3.63) is 35.6 Å². The Morgan fingerprint density at radius 2 is 1.67 bits per heavy atom. The van der Waals surface area contributed by atoms with Crippen molar-refractivity contribution >= 4 is 11.8 Å². The molecule has 0 spiro atoms. The third-order valence-corrected chi connectivity index (χ3v) is 5.04. The summed E-state index contributed by atoms with van der Waals surface area (Å²) in [5, 5.41) is 5.98. The lowest BCUT2D eigenvalue weighted by Gasteiger charge is -2.22. The number of hydrogen-bond acceptors (Lipinski definition) is 2. The zero-order chi connectivity index (χ0) is 16.9. The SMILES string of the molecule is O=C(NCCc1ccc(F)cc1)C1CC1C(=O)NC1CCCCC1. The molecule has 2 fully saturated rings. The first kappa shape index (κ1) is 16.9. The van der Waals surface area contributed by atoms with E-state index >= 15 is 0 Å². The van der Waals surface area contributed by atoms with Crippen LogP contribution in [0.25, 0.3) is 0 Å². The molecule has 1 aromatic rings. The van der Waals surface area contributed by atoms with Gasteiger partial charge >= 0.3 is 0 Å². The summed E-state index contributed by atoms with van der Waals surface area (Å²) in [6.45, 7) is 0.512. The van der Waals surface area contributed by atoms with E-state index in [2.05, 4.69) is 10.6 Å². The van der Waals surface area contributed by atoms with Crippen LogP contribution in [0.4, 0.5) is 4.39 Å². The maximum absolute atomic E-state index is 12.8. The number of carbonyl (C=O) groups excluding carboxylic acids is 2. The van der Waals surface area contributed by atoms with Gasteiger partial charge in [0.05, 0.1) is 11.8 Å². The van der Waals surface area contributed by atoms with Crippen molar-refractivity contribution in [2.45, 2.75) is 51.0 Å². The average molecular weight is 332 g/mol. The second-order valence-electron chi connectivity index (χ2n) is 6.96. The van der Waals surface area contributed by atoms with Crippen molar-refractivity contribution in [1.29, 1.82) is 0 Å². The van der Waals surface area contributed by atoms with Gasteiger partial charge in [0, 0.05) is 12.6 Å². The summed E-state index contributed by atoms with van der Waals surface area (Å²) in [5.41, 5.74) is 0.985. The van der Waals surface area contributed by atoms with E-state index in [-0.39, 0.29) is 29.5 Å². The second kappa shape index (κ2) is 7.77. The topological polar surface area (TPSA) is 58.2 Å². The maximum atomic E-state index is 12.8. The minimum absolute atomic E-state index is 0.0408. The van der Waals surface area contributed by atoms with E-state index in [1.54, 1.807) is 12.1 Å². The van der Waals surface area contributed by atoms with E-state index in [1.807, 2.05) is 0 Å². The average Bonchev–Trinajstić information content (AvgIpc) is 3.38. The van der Waals surface area contributed by atoms with Crippen molar-refractivity contribution < 1.29 is 14.0 Å². The summed E-state index contributed by atoms with van der Waals surface area (Å²) in [5.74, 6) is -0.589. The largest absolute Gasteiger partial charge is 0.356 e. The molecule has 1 aromatic carbocycles. The Labute approximate surface area is 142 Å². The van der Waals surface area contributed by atoms with Crippen LogP contribution in [-0.2, 0) is 16.0 Å². The molecule has 2 N–H and O–H groups in total. The van der Waals surface area contributed by atoms with Crippen molar-refractivity contribution in [3.8, 4) is 0 Å². The zero-order valence-corrected chi connectivity index (χ0v) is 13.9. The molecule has 2 aliphatic carbocycles.